The summed E-state index contributed by atoms with van der Waals surface area (Å²) in [5.41, 5.74) is 3.95. The van der Waals surface area contributed by atoms with E-state index >= 15 is 0 Å². The first-order valence-corrected chi connectivity index (χ1v) is 12.3. The molecule has 3 N–H and O–H groups in total. The number of hydrogen-bond donors (Lipinski definition) is 3. The van der Waals surface area contributed by atoms with Crippen molar-refractivity contribution in [2.45, 2.75) is 32.2 Å². The number of fused-ring (bicyclic) bond motifs is 2. The highest BCUT2D eigenvalue weighted by Gasteiger charge is 2.35. The summed E-state index contributed by atoms with van der Waals surface area (Å²) in [6.07, 6.45) is 8.57. The summed E-state index contributed by atoms with van der Waals surface area (Å²) < 4.78 is 2.10. The van der Waals surface area contributed by atoms with Gasteiger partial charge in [-0.25, -0.2) is 0 Å². The molecule has 2 aliphatic heterocycles. The van der Waals surface area contributed by atoms with Crippen LogP contribution in [0.1, 0.15) is 36.8 Å². The molecule has 0 bridgehead atoms. The summed E-state index contributed by atoms with van der Waals surface area (Å²) >= 11 is 0. The SMILES string of the molecule is O=C1NC(=O)C(c2cn(CCCN3CCCCC3)c3cc(O)ccc23)=C1c1c[nH]c2ccccc12. The van der Waals surface area contributed by atoms with Gasteiger partial charge in [-0.05, 0) is 57.1 Å². The van der Waals surface area contributed by atoms with Gasteiger partial charge < -0.3 is 19.6 Å². The summed E-state index contributed by atoms with van der Waals surface area (Å²) in [6.45, 7) is 4.10. The summed E-state index contributed by atoms with van der Waals surface area (Å²) in [5.74, 6) is -0.604. The standard InChI is InChI=1S/C28H28N4O3/c33-18-9-10-20-22(17-32(24(20)15-18)14-6-13-31-11-4-1-5-12-31)26-25(27(34)30-28(26)35)21-16-29-23-8-3-2-7-19(21)23/h2-3,7-10,15-17,29,33H,1,4-6,11-14H2,(H,30,34,35). The highest BCUT2D eigenvalue weighted by molar-refractivity contribution is 6.50. The van der Waals surface area contributed by atoms with Crippen LogP contribution in [0, 0.1) is 0 Å². The fourth-order valence-corrected chi connectivity index (χ4v) is 5.56. The van der Waals surface area contributed by atoms with E-state index in [1.54, 1.807) is 18.3 Å². The third-order valence-corrected chi connectivity index (χ3v) is 7.25. The molecule has 7 heteroatoms. The van der Waals surface area contributed by atoms with Crippen molar-refractivity contribution in [2.24, 2.45) is 0 Å². The minimum absolute atomic E-state index is 0.178. The van der Waals surface area contributed by atoms with Crippen molar-refractivity contribution >= 4 is 44.8 Å². The quantitative estimate of drug-likeness (QED) is 0.369. The number of amides is 2. The van der Waals surface area contributed by atoms with Gasteiger partial charge in [-0.15, -0.1) is 0 Å². The Labute approximate surface area is 203 Å². The smallest absolute Gasteiger partial charge is 0.259 e. The number of imide groups is 1. The maximum Gasteiger partial charge on any atom is 0.259 e. The van der Waals surface area contributed by atoms with Crippen molar-refractivity contribution < 1.29 is 14.7 Å². The molecular weight excluding hydrogens is 440 g/mol. The number of aromatic amines is 1. The van der Waals surface area contributed by atoms with E-state index in [2.05, 4.69) is 19.8 Å². The number of aromatic nitrogens is 2. The molecule has 6 rings (SSSR count). The molecule has 178 valence electrons. The van der Waals surface area contributed by atoms with Gasteiger partial charge in [0.15, 0.2) is 0 Å². The van der Waals surface area contributed by atoms with Crippen LogP contribution >= 0.6 is 0 Å². The molecule has 2 aliphatic rings. The number of carbonyl (C=O) groups excluding carboxylic acids is 2. The van der Waals surface area contributed by atoms with Crippen molar-refractivity contribution in [1.82, 2.24) is 19.8 Å². The van der Waals surface area contributed by atoms with Crippen molar-refractivity contribution in [2.75, 3.05) is 19.6 Å². The summed E-state index contributed by atoms with van der Waals surface area (Å²) in [7, 11) is 0. The lowest BCUT2D eigenvalue weighted by Crippen LogP contribution is -2.31. The lowest BCUT2D eigenvalue weighted by Gasteiger charge is -2.26. The number of carbonyl (C=O) groups is 2. The van der Waals surface area contributed by atoms with E-state index in [-0.39, 0.29) is 11.7 Å². The number of nitrogens with zero attached hydrogens (tertiary/aromatic N) is 2. The average Bonchev–Trinajstić information content (AvgIpc) is 3.52. The number of aromatic hydroxyl groups is 1. The molecule has 35 heavy (non-hydrogen) atoms. The van der Waals surface area contributed by atoms with Crippen molar-refractivity contribution in [3.8, 4) is 5.75 Å². The number of benzene rings is 2. The van der Waals surface area contributed by atoms with Crippen LogP contribution in [-0.2, 0) is 16.1 Å². The topological polar surface area (TPSA) is 90.4 Å². The lowest BCUT2D eigenvalue weighted by molar-refractivity contribution is -0.122. The molecule has 4 aromatic rings. The first-order chi connectivity index (χ1) is 17.1. The fraction of sp³-hybridized carbons (Fsp3) is 0.286. The second-order valence-corrected chi connectivity index (χ2v) is 9.47. The van der Waals surface area contributed by atoms with E-state index < -0.39 is 5.91 Å². The molecule has 0 spiro atoms. The molecular formula is C28H28N4O3. The van der Waals surface area contributed by atoms with Gasteiger partial charge in [-0.3, -0.25) is 14.9 Å². The number of aryl methyl sites for hydroxylation is 1. The van der Waals surface area contributed by atoms with Crippen LogP contribution < -0.4 is 5.32 Å². The number of phenolic OH excluding ortho intramolecular Hbond substituents is 1. The van der Waals surface area contributed by atoms with E-state index in [4.69, 9.17) is 0 Å². The van der Waals surface area contributed by atoms with E-state index in [0.717, 1.165) is 54.4 Å². The number of nitrogens with one attached hydrogen (secondary N) is 2. The number of likely N-dealkylation sites (tertiary alicyclic amines) is 1. The normalized spacial score (nSPS) is 17.1. The zero-order valence-corrected chi connectivity index (χ0v) is 19.5. The molecule has 0 aliphatic carbocycles. The Balaban J connectivity index is 1.44. The van der Waals surface area contributed by atoms with E-state index in [0.29, 0.717) is 22.3 Å². The Morgan fingerprint density at radius 2 is 1.63 bits per heavy atom. The van der Waals surface area contributed by atoms with Gasteiger partial charge in [0.25, 0.3) is 11.8 Å². The lowest BCUT2D eigenvalue weighted by atomic mass is 9.95. The largest absolute Gasteiger partial charge is 0.508 e. The average molecular weight is 469 g/mol. The third-order valence-electron chi connectivity index (χ3n) is 7.25. The third kappa shape index (κ3) is 3.82. The van der Waals surface area contributed by atoms with E-state index in [1.165, 1.54) is 19.3 Å². The first-order valence-electron chi connectivity index (χ1n) is 12.3. The Kier molecular flexibility index (Phi) is 5.41. The van der Waals surface area contributed by atoms with Gasteiger partial charge in [-0.1, -0.05) is 24.6 Å². The monoisotopic (exact) mass is 468 g/mol. The summed E-state index contributed by atoms with van der Waals surface area (Å²) in [5, 5.41) is 14.5. The second kappa shape index (κ2) is 8.74. The Hall–Kier alpha value is -3.84. The zero-order chi connectivity index (χ0) is 23.9. The molecule has 0 radical (unpaired) electrons. The summed E-state index contributed by atoms with van der Waals surface area (Å²) in [4.78, 5) is 31.8. The Morgan fingerprint density at radius 3 is 2.46 bits per heavy atom. The minimum atomic E-state index is -0.393. The second-order valence-electron chi connectivity index (χ2n) is 9.47. The minimum Gasteiger partial charge on any atom is -0.508 e. The van der Waals surface area contributed by atoms with Gasteiger partial charge in [0, 0.05) is 52.4 Å². The highest BCUT2D eigenvalue weighted by Crippen LogP contribution is 2.39. The van der Waals surface area contributed by atoms with Crippen LogP contribution in [0.2, 0.25) is 0 Å². The van der Waals surface area contributed by atoms with Crippen LogP contribution in [0.25, 0.3) is 33.0 Å². The molecule has 0 saturated carbocycles. The molecule has 2 aromatic heterocycles. The summed E-state index contributed by atoms with van der Waals surface area (Å²) in [6, 6.07) is 12.9. The Bertz CT molecular complexity index is 1490. The molecule has 4 heterocycles. The van der Waals surface area contributed by atoms with Gasteiger partial charge in [0.2, 0.25) is 0 Å². The van der Waals surface area contributed by atoms with Crippen LogP contribution in [0.4, 0.5) is 0 Å². The first kappa shape index (κ1) is 21.7. The van der Waals surface area contributed by atoms with Crippen LogP contribution in [0.5, 0.6) is 5.75 Å². The van der Waals surface area contributed by atoms with Crippen molar-refractivity contribution in [3.63, 3.8) is 0 Å². The molecule has 2 amide bonds. The van der Waals surface area contributed by atoms with Crippen LogP contribution in [-0.4, -0.2) is 51.0 Å². The predicted octanol–water partition coefficient (Wildman–Crippen LogP) is 4.27. The van der Waals surface area contributed by atoms with Gasteiger partial charge >= 0.3 is 0 Å². The maximum atomic E-state index is 13.1. The van der Waals surface area contributed by atoms with Crippen molar-refractivity contribution in [1.29, 1.82) is 0 Å². The molecule has 7 nitrogen and oxygen atoms in total. The zero-order valence-electron chi connectivity index (χ0n) is 19.5. The fourth-order valence-electron chi connectivity index (χ4n) is 5.56. The molecule has 1 fully saturated rings. The van der Waals surface area contributed by atoms with Gasteiger partial charge in [0.1, 0.15) is 5.75 Å². The number of piperidine rings is 1. The number of rotatable bonds is 6. The number of para-hydroxylation sites is 1. The number of H-pyrrole nitrogens is 1. The molecule has 0 atom stereocenters. The molecule has 0 unspecified atom stereocenters. The van der Waals surface area contributed by atoms with Crippen LogP contribution in [0.3, 0.4) is 0 Å². The maximum absolute atomic E-state index is 13.1. The highest BCUT2D eigenvalue weighted by atomic mass is 16.3. The van der Waals surface area contributed by atoms with Gasteiger partial charge in [-0.2, -0.15) is 0 Å². The molecule has 2 aromatic carbocycles. The van der Waals surface area contributed by atoms with Gasteiger partial charge in [0.05, 0.1) is 16.7 Å². The number of phenols is 1. The predicted molar refractivity (Wildman–Crippen MR) is 137 cm³/mol. The van der Waals surface area contributed by atoms with E-state index in [1.807, 2.05) is 36.5 Å². The number of hydrogen-bond acceptors (Lipinski definition) is 4. The Morgan fingerprint density at radius 1 is 0.857 bits per heavy atom. The molecule has 1 saturated heterocycles. The van der Waals surface area contributed by atoms with E-state index in [9.17, 15) is 14.7 Å². The van der Waals surface area contributed by atoms with Crippen molar-refractivity contribution in [3.05, 3.63) is 66.0 Å². The van der Waals surface area contributed by atoms with Crippen LogP contribution in [0.15, 0.2) is 54.9 Å².